The van der Waals surface area contributed by atoms with Gasteiger partial charge in [-0.25, -0.2) is 13.1 Å². The molecule has 0 heterocycles. The topological polar surface area (TPSA) is 135 Å². The van der Waals surface area contributed by atoms with Gasteiger partial charge in [0.15, 0.2) is 5.96 Å². The quantitative estimate of drug-likeness (QED) is 0.174. The lowest BCUT2D eigenvalue weighted by Crippen LogP contribution is -2.39. The maximum atomic E-state index is 12.2. The van der Waals surface area contributed by atoms with Crippen LogP contribution < -0.4 is 15.4 Å². The first-order chi connectivity index (χ1) is 11.9. The van der Waals surface area contributed by atoms with Gasteiger partial charge < -0.3 is 15.4 Å². The van der Waals surface area contributed by atoms with E-state index in [1.54, 1.807) is 7.11 Å². The molecule has 0 spiro atoms. The molecule has 0 saturated carbocycles. The van der Waals surface area contributed by atoms with E-state index >= 15 is 0 Å². The zero-order valence-corrected chi connectivity index (χ0v) is 15.0. The highest BCUT2D eigenvalue weighted by atomic mass is 32.2. The number of ether oxygens (including phenoxy) is 1. The summed E-state index contributed by atoms with van der Waals surface area (Å²) >= 11 is 0. The molecule has 0 radical (unpaired) electrons. The van der Waals surface area contributed by atoms with Crippen molar-refractivity contribution in [2.75, 3.05) is 39.9 Å². The van der Waals surface area contributed by atoms with Crippen LogP contribution in [0.5, 0.6) is 0 Å². The van der Waals surface area contributed by atoms with Crippen molar-refractivity contribution in [2.45, 2.75) is 11.8 Å². The molecule has 0 aliphatic rings. The lowest BCUT2D eigenvalue weighted by atomic mass is 10.3. The van der Waals surface area contributed by atoms with Crippen LogP contribution in [0.1, 0.15) is 6.92 Å². The third-order valence-electron chi connectivity index (χ3n) is 2.96. The third kappa shape index (κ3) is 7.45. The van der Waals surface area contributed by atoms with Gasteiger partial charge in [-0.05, 0) is 13.0 Å². The number of guanidine groups is 1. The zero-order chi connectivity index (χ0) is 18.7. The molecular formula is C14H23N5O5S. The number of benzene rings is 1. The predicted molar refractivity (Wildman–Crippen MR) is 94.1 cm³/mol. The van der Waals surface area contributed by atoms with E-state index in [4.69, 9.17) is 4.74 Å². The first-order valence-corrected chi connectivity index (χ1v) is 9.14. The van der Waals surface area contributed by atoms with E-state index in [1.165, 1.54) is 18.2 Å². The van der Waals surface area contributed by atoms with E-state index in [2.05, 4.69) is 20.3 Å². The Bertz CT molecular complexity index is 693. The van der Waals surface area contributed by atoms with Gasteiger partial charge in [-0.2, -0.15) is 0 Å². The number of hydrogen-bond acceptors (Lipinski definition) is 6. The summed E-state index contributed by atoms with van der Waals surface area (Å²) in [5.41, 5.74) is -0.280. The second-order valence-electron chi connectivity index (χ2n) is 4.83. The van der Waals surface area contributed by atoms with Crippen LogP contribution in [-0.4, -0.2) is 59.2 Å². The summed E-state index contributed by atoms with van der Waals surface area (Å²) in [6, 6.07) is 4.88. The molecule has 0 amide bonds. The number of methoxy groups -OCH3 is 1. The summed E-state index contributed by atoms with van der Waals surface area (Å²) in [7, 11) is -2.24. The number of hydrogen-bond donors (Lipinski definition) is 3. The maximum absolute atomic E-state index is 12.2. The highest BCUT2D eigenvalue weighted by Gasteiger charge is 2.16. The van der Waals surface area contributed by atoms with Crippen molar-refractivity contribution >= 4 is 21.7 Å². The summed E-state index contributed by atoms with van der Waals surface area (Å²) in [6.07, 6.45) is 0. The Morgan fingerprint density at radius 3 is 2.72 bits per heavy atom. The van der Waals surface area contributed by atoms with E-state index in [1.807, 2.05) is 6.92 Å². The second kappa shape index (κ2) is 10.6. The van der Waals surface area contributed by atoms with Crippen molar-refractivity contribution in [3.05, 3.63) is 34.4 Å². The molecule has 3 N–H and O–H groups in total. The van der Waals surface area contributed by atoms with Gasteiger partial charge in [-0.15, -0.1) is 0 Å². The van der Waals surface area contributed by atoms with Crippen LogP contribution in [-0.2, 0) is 14.8 Å². The Morgan fingerprint density at radius 1 is 1.32 bits per heavy atom. The summed E-state index contributed by atoms with van der Waals surface area (Å²) < 4.78 is 31.6. The molecule has 1 aromatic carbocycles. The van der Waals surface area contributed by atoms with Crippen LogP contribution in [0.25, 0.3) is 0 Å². The molecule has 0 atom stereocenters. The summed E-state index contributed by atoms with van der Waals surface area (Å²) in [5, 5.41) is 16.8. The van der Waals surface area contributed by atoms with Crippen LogP contribution in [0.2, 0.25) is 0 Å². The van der Waals surface area contributed by atoms with Gasteiger partial charge in [0.2, 0.25) is 10.0 Å². The molecule has 10 nitrogen and oxygen atoms in total. The highest BCUT2D eigenvalue weighted by Crippen LogP contribution is 2.16. The van der Waals surface area contributed by atoms with Crippen molar-refractivity contribution in [1.29, 1.82) is 0 Å². The van der Waals surface area contributed by atoms with Crippen molar-refractivity contribution in [3.63, 3.8) is 0 Å². The average molecular weight is 373 g/mol. The molecule has 11 heteroatoms. The smallest absolute Gasteiger partial charge is 0.270 e. The van der Waals surface area contributed by atoms with Crippen molar-refractivity contribution < 1.29 is 18.1 Å². The first kappa shape index (κ1) is 20.8. The molecule has 0 unspecified atom stereocenters. The minimum Gasteiger partial charge on any atom is -0.383 e. The van der Waals surface area contributed by atoms with Crippen LogP contribution in [0.4, 0.5) is 5.69 Å². The van der Waals surface area contributed by atoms with Crippen LogP contribution in [0.15, 0.2) is 34.2 Å². The predicted octanol–water partition coefficient (Wildman–Crippen LogP) is 0.0746. The van der Waals surface area contributed by atoms with E-state index in [0.29, 0.717) is 25.7 Å². The fourth-order valence-electron chi connectivity index (χ4n) is 1.81. The van der Waals surface area contributed by atoms with Crippen molar-refractivity contribution in [2.24, 2.45) is 4.99 Å². The Hall–Kier alpha value is -2.24. The Balaban J connectivity index is 2.61. The summed E-state index contributed by atoms with van der Waals surface area (Å²) in [4.78, 5) is 14.2. The lowest BCUT2D eigenvalue weighted by molar-refractivity contribution is -0.385. The molecule has 0 bridgehead atoms. The fourth-order valence-corrected chi connectivity index (χ4v) is 2.87. The SMILES string of the molecule is CCNC(=NCCNS(=O)(=O)c1cccc([N+](=O)[O-])c1)NCCOC. The lowest BCUT2D eigenvalue weighted by Gasteiger charge is -2.11. The number of sulfonamides is 1. The van der Waals surface area contributed by atoms with E-state index < -0.39 is 14.9 Å². The van der Waals surface area contributed by atoms with E-state index in [9.17, 15) is 18.5 Å². The van der Waals surface area contributed by atoms with Gasteiger partial charge in [0.25, 0.3) is 5.69 Å². The molecule has 140 valence electrons. The molecule has 0 aliphatic carbocycles. The normalized spacial score (nSPS) is 12.0. The number of nitro groups is 1. The molecule has 25 heavy (non-hydrogen) atoms. The second-order valence-corrected chi connectivity index (χ2v) is 6.60. The van der Waals surface area contributed by atoms with Gasteiger partial charge in [0.05, 0.1) is 23.0 Å². The first-order valence-electron chi connectivity index (χ1n) is 7.66. The minimum atomic E-state index is -3.83. The van der Waals surface area contributed by atoms with Crippen LogP contribution >= 0.6 is 0 Å². The number of nitro benzene ring substituents is 1. The summed E-state index contributed by atoms with van der Waals surface area (Å²) in [6.45, 7) is 3.94. The Labute approximate surface area is 146 Å². The molecular weight excluding hydrogens is 350 g/mol. The summed E-state index contributed by atoms with van der Waals surface area (Å²) in [5.74, 6) is 0.550. The molecule has 0 saturated heterocycles. The standard InChI is InChI=1S/C14H23N5O5S/c1-3-15-14(17-9-10-24-2)16-7-8-18-25(22,23)13-6-4-5-12(11-13)19(20)21/h4-6,11,18H,3,7-10H2,1-2H3,(H2,15,16,17). The number of nitrogens with zero attached hydrogens (tertiary/aromatic N) is 2. The van der Waals surface area contributed by atoms with E-state index in [-0.39, 0.29) is 23.7 Å². The minimum absolute atomic E-state index is 0.0614. The maximum Gasteiger partial charge on any atom is 0.270 e. The number of non-ortho nitro benzene ring substituents is 1. The molecule has 0 fully saturated rings. The van der Waals surface area contributed by atoms with Gasteiger partial charge in [-0.3, -0.25) is 15.1 Å². The highest BCUT2D eigenvalue weighted by molar-refractivity contribution is 7.89. The Kier molecular flexibility index (Phi) is 8.81. The van der Waals surface area contributed by atoms with Gasteiger partial charge >= 0.3 is 0 Å². The molecule has 0 aliphatic heterocycles. The van der Waals surface area contributed by atoms with Crippen molar-refractivity contribution in [1.82, 2.24) is 15.4 Å². The van der Waals surface area contributed by atoms with Crippen LogP contribution in [0.3, 0.4) is 0 Å². The Morgan fingerprint density at radius 2 is 2.08 bits per heavy atom. The zero-order valence-electron chi connectivity index (χ0n) is 14.2. The monoisotopic (exact) mass is 373 g/mol. The number of aliphatic imine (C=N–C) groups is 1. The number of nitrogens with one attached hydrogen (secondary N) is 3. The molecule has 1 rings (SSSR count). The molecule has 1 aromatic rings. The number of rotatable bonds is 10. The van der Waals surface area contributed by atoms with Gasteiger partial charge in [-0.1, -0.05) is 6.07 Å². The fraction of sp³-hybridized carbons (Fsp3) is 0.500. The van der Waals surface area contributed by atoms with Crippen molar-refractivity contribution in [3.8, 4) is 0 Å². The molecule has 0 aromatic heterocycles. The average Bonchev–Trinajstić information content (AvgIpc) is 2.59. The largest absolute Gasteiger partial charge is 0.383 e. The van der Waals surface area contributed by atoms with E-state index in [0.717, 1.165) is 6.07 Å². The van der Waals surface area contributed by atoms with Gasteiger partial charge in [0, 0.05) is 38.9 Å². The van der Waals surface area contributed by atoms with Gasteiger partial charge in [0.1, 0.15) is 0 Å². The van der Waals surface area contributed by atoms with Crippen LogP contribution in [0, 0.1) is 10.1 Å². The third-order valence-corrected chi connectivity index (χ3v) is 4.41.